The molecule has 1 aliphatic rings. The summed E-state index contributed by atoms with van der Waals surface area (Å²) >= 11 is 1.49. The molecule has 0 spiro atoms. The molecule has 32 heavy (non-hydrogen) atoms. The largest absolute Gasteiger partial charge is 0.379 e. The maximum absolute atomic E-state index is 13.8. The van der Waals surface area contributed by atoms with Crippen LogP contribution in [-0.4, -0.2) is 71.4 Å². The summed E-state index contributed by atoms with van der Waals surface area (Å²) in [6.07, 6.45) is 2.64. The molecular formula is C22H28FN3O4S2. The highest BCUT2D eigenvalue weighted by Gasteiger charge is 2.27. The number of benzene rings is 2. The van der Waals surface area contributed by atoms with E-state index in [1.165, 1.54) is 42.1 Å². The van der Waals surface area contributed by atoms with Crippen LogP contribution in [0.1, 0.15) is 6.42 Å². The minimum atomic E-state index is -4.06. The van der Waals surface area contributed by atoms with E-state index < -0.39 is 28.3 Å². The van der Waals surface area contributed by atoms with Gasteiger partial charge in [-0.1, -0.05) is 6.07 Å². The van der Waals surface area contributed by atoms with Gasteiger partial charge >= 0.3 is 0 Å². The quantitative estimate of drug-likeness (QED) is 0.415. The molecule has 1 saturated heterocycles. The molecular weight excluding hydrogens is 453 g/mol. The van der Waals surface area contributed by atoms with Crippen molar-refractivity contribution in [2.45, 2.75) is 16.2 Å². The number of halogens is 1. The van der Waals surface area contributed by atoms with Gasteiger partial charge in [0.25, 0.3) is 10.0 Å². The predicted octanol–water partition coefficient (Wildman–Crippen LogP) is 2.58. The summed E-state index contributed by atoms with van der Waals surface area (Å²) in [6.45, 7) is 3.99. The monoisotopic (exact) mass is 481 g/mol. The van der Waals surface area contributed by atoms with Crippen LogP contribution in [0.3, 0.4) is 0 Å². The van der Waals surface area contributed by atoms with E-state index in [1.54, 1.807) is 12.1 Å². The molecule has 0 radical (unpaired) electrons. The van der Waals surface area contributed by atoms with Gasteiger partial charge in [-0.25, -0.2) is 12.8 Å². The van der Waals surface area contributed by atoms with Gasteiger partial charge in [-0.2, -0.15) is 0 Å². The molecule has 0 unspecified atom stereocenters. The van der Waals surface area contributed by atoms with Crippen molar-refractivity contribution in [1.29, 1.82) is 0 Å². The van der Waals surface area contributed by atoms with Crippen molar-refractivity contribution in [3.8, 4) is 0 Å². The lowest BCUT2D eigenvalue weighted by Gasteiger charge is -2.26. The summed E-state index contributed by atoms with van der Waals surface area (Å²) in [6, 6.07) is 11.6. The van der Waals surface area contributed by atoms with E-state index in [1.807, 2.05) is 6.26 Å². The Morgan fingerprint density at radius 1 is 1.19 bits per heavy atom. The maximum Gasteiger partial charge on any atom is 0.264 e. The molecule has 10 heteroatoms. The topological polar surface area (TPSA) is 79.0 Å². The number of sulfonamides is 1. The molecule has 3 rings (SSSR count). The Bertz CT molecular complexity index is 996. The third-order valence-electron chi connectivity index (χ3n) is 5.11. The Morgan fingerprint density at radius 2 is 1.91 bits per heavy atom. The highest BCUT2D eigenvalue weighted by molar-refractivity contribution is 7.98. The molecule has 1 heterocycles. The number of thioether (sulfide) groups is 1. The molecule has 0 aromatic heterocycles. The van der Waals surface area contributed by atoms with Gasteiger partial charge in [0.05, 0.1) is 23.8 Å². The van der Waals surface area contributed by atoms with E-state index in [-0.39, 0.29) is 10.6 Å². The van der Waals surface area contributed by atoms with Gasteiger partial charge in [0.15, 0.2) is 0 Å². The van der Waals surface area contributed by atoms with E-state index in [0.29, 0.717) is 19.8 Å². The first-order chi connectivity index (χ1) is 15.4. The number of anilines is 1. The Balaban J connectivity index is 1.69. The predicted molar refractivity (Wildman–Crippen MR) is 124 cm³/mol. The zero-order valence-electron chi connectivity index (χ0n) is 18.0. The standard InChI is InChI=1S/C22H28FN3O4S2/c1-31-20-6-8-21(9-7-20)32(28,29)26(19-5-2-4-18(23)16-19)17-22(27)24-10-3-11-25-12-14-30-15-13-25/h2,4-9,16H,3,10-15,17H2,1H3,(H,24,27). The van der Waals surface area contributed by atoms with Gasteiger partial charge in [0.1, 0.15) is 12.4 Å². The van der Waals surface area contributed by atoms with Crippen LogP contribution in [0, 0.1) is 5.82 Å². The molecule has 1 amide bonds. The second kappa shape index (κ2) is 11.6. The van der Waals surface area contributed by atoms with Crippen LogP contribution in [0.2, 0.25) is 0 Å². The number of ether oxygens (including phenoxy) is 1. The summed E-state index contributed by atoms with van der Waals surface area (Å²) in [5, 5.41) is 2.78. The van der Waals surface area contributed by atoms with Crippen molar-refractivity contribution >= 4 is 33.4 Å². The number of nitrogens with zero attached hydrogens (tertiary/aromatic N) is 2. The first-order valence-electron chi connectivity index (χ1n) is 10.4. The van der Waals surface area contributed by atoms with E-state index in [9.17, 15) is 17.6 Å². The van der Waals surface area contributed by atoms with Crippen LogP contribution in [0.25, 0.3) is 0 Å². The minimum Gasteiger partial charge on any atom is -0.379 e. The lowest BCUT2D eigenvalue weighted by molar-refractivity contribution is -0.119. The minimum absolute atomic E-state index is 0.0414. The zero-order valence-corrected chi connectivity index (χ0v) is 19.6. The molecule has 2 aromatic carbocycles. The molecule has 2 aromatic rings. The highest BCUT2D eigenvalue weighted by Crippen LogP contribution is 2.25. The number of amides is 1. The lowest BCUT2D eigenvalue weighted by atomic mass is 10.3. The van der Waals surface area contributed by atoms with Crippen LogP contribution in [-0.2, 0) is 19.6 Å². The first kappa shape index (κ1) is 24.5. The van der Waals surface area contributed by atoms with Crippen molar-refractivity contribution in [3.05, 3.63) is 54.3 Å². The smallest absolute Gasteiger partial charge is 0.264 e. The fraction of sp³-hybridized carbons (Fsp3) is 0.409. The Morgan fingerprint density at radius 3 is 2.56 bits per heavy atom. The fourth-order valence-corrected chi connectivity index (χ4v) is 5.18. The molecule has 1 aliphatic heterocycles. The van der Waals surface area contributed by atoms with Crippen molar-refractivity contribution < 1.29 is 22.3 Å². The normalized spacial score (nSPS) is 14.8. The van der Waals surface area contributed by atoms with Crippen molar-refractivity contribution in [1.82, 2.24) is 10.2 Å². The van der Waals surface area contributed by atoms with Gasteiger partial charge in [0, 0.05) is 24.5 Å². The van der Waals surface area contributed by atoms with Crippen LogP contribution in [0.5, 0.6) is 0 Å². The molecule has 0 atom stereocenters. The molecule has 174 valence electrons. The Hall–Kier alpha value is -2.14. The van der Waals surface area contributed by atoms with Gasteiger partial charge in [-0.15, -0.1) is 11.8 Å². The summed E-state index contributed by atoms with van der Waals surface area (Å²) in [4.78, 5) is 15.8. The number of nitrogens with one attached hydrogen (secondary N) is 1. The van der Waals surface area contributed by atoms with Crippen LogP contribution in [0.15, 0.2) is 58.3 Å². The molecule has 0 saturated carbocycles. The fourth-order valence-electron chi connectivity index (χ4n) is 3.36. The summed E-state index contributed by atoms with van der Waals surface area (Å²) < 4.78 is 46.7. The SMILES string of the molecule is CSc1ccc(S(=O)(=O)N(CC(=O)NCCCN2CCOCC2)c2cccc(F)c2)cc1. The van der Waals surface area contributed by atoms with E-state index in [0.717, 1.165) is 41.3 Å². The lowest BCUT2D eigenvalue weighted by Crippen LogP contribution is -2.42. The van der Waals surface area contributed by atoms with Gasteiger partial charge in [0.2, 0.25) is 5.91 Å². The Labute approximate surface area is 193 Å². The number of hydrogen-bond donors (Lipinski definition) is 1. The third-order valence-corrected chi connectivity index (χ3v) is 7.64. The van der Waals surface area contributed by atoms with E-state index in [2.05, 4.69) is 10.2 Å². The molecule has 7 nitrogen and oxygen atoms in total. The summed E-state index contributed by atoms with van der Waals surface area (Å²) in [7, 11) is -4.06. The molecule has 0 bridgehead atoms. The summed E-state index contributed by atoms with van der Waals surface area (Å²) in [5.74, 6) is -1.02. The number of morpholine rings is 1. The van der Waals surface area contributed by atoms with Crippen LogP contribution < -0.4 is 9.62 Å². The van der Waals surface area contributed by atoms with Gasteiger partial charge in [-0.05, 0) is 61.7 Å². The summed E-state index contributed by atoms with van der Waals surface area (Å²) in [5.41, 5.74) is 0.0995. The first-order valence-corrected chi connectivity index (χ1v) is 13.1. The number of carbonyl (C=O) groups excluding carboxylic acids is 1. The van der Waals surface area contributed by atoms with Crippen molar-refractivity contribution in [2.75, 3.05) is 56.5 Å². The van der Waals surface area contributed by atoms with E-state index >= 15 is 0 Å². The van der Waals surface area contributed by atoms with Crippen molar-refractivity contribution in [2.24, 2.45) is 0 Å². The van der Waals surface area contributed by atoms with Gasteiger partial charge < -0.3 is 10.1 Å². The number of hydrogen-bond acceptors (Lipinski definition) is 6. The highest BCUT2D eigenvalue weighted by atomic mass is 32.2. The van der Waals surface area contributed by atoms with Crippen LogP contribution >= 0.6 is 11.8 Å². The second-order valence-electron chi connectivity index (χ2n) is 7.32. The molecule has 1 fully saturated rings. The number of rotatable bonds is 10. The average Bonchev–Trinajstić information content (AvgIpc) is 2.81. The van der Waals surface area contributed by atoms with Crippen molar-refractivity contribution in [3.63, 3.8) is 0 Å². The third kappa shape index (κ3) is 6.68. The molecule has 1 N–H and O–H groups in total. The van der Waals surface area contributed by atoms with Crippen LogP contribution in [0.4, 0.5) is 10.1 Å². The maximum atomic E-state index is 13.8. The molecule has 0 aliphatic carbocycles. The Kier molecular flexibility index (Phi) is 8.92. The van der Waals surface area contributed by atoms with E-state index in [4.69, 9.17) is 4.74 Å². The zero-order chi connectivity index (χ0) is 23.0. The second-order valence-corrected chi connectivity index (χ2v) is 10.1. The number of carbonyl (C=O) groups is 1. The van der Waals surface area contributed by atoms with Gasteiger partial charge in [-0.3, -0.25) is 14.0 Å². The average molecular weight is 482 g/mol.